The maximum atomic E-state index is 12.4. The number of amides is 1. The standard InChI is InChI=1S/C14H21N3O3/c1-4-7-17(9-13(15)16-19)14(18)11-6-5-10(2)12(8-11)20-3/h5-6,8,19H,4,7,9H2,1-3H3,(H2,15,16). The third-order valence-corrected chi connectivity index (χ3v) is 2.92. The van der Waals surface area contributed by atoms with E-state index in [1.807, 2.05) is 19.9 Å². The fraction of sp³-hybridized carbons (Fsp3) is 0.429. The molecule has 20 heavy (non-hydrogen) atoms. The van der Waals surface area contributed by atoms with Crippen LogP contribution in [0.3, 0.4) is 0 Å². The molecule has 0 atom stereocenters. The number of amidine groups is 1. The number of carbonyl (C=O) groups is 1. The number of hydrogen-bond donors (Lipinski definition) is 2. The molecule has 0 saturated carbocycles. The summed E-state index contributed by atoms with van der Waals surface area (Å²) in [5.74, 6) is 0.499. The zero-order valence-corrected chi connectivity index (χ0v) is 12.1. The van der Waals surface area contributed by atoms with Crippen molar-refractivity contribution in [2.24, 2.45) is 10.9 Å². The Morgan fingerprint density at radius 1 is 1.50 bits per heavy atom. The normalized spacial score (nSPS) is 11.2. The smallest absolute Gasteiger partial charge is 0.254 e. The van der Waals surface area contributed by atoms with Gasteiger partial charge in [0.15, 0.2) is 5.84 Å². The molecule has 0 saturated heterocycles. The summed E-state index contributed by atoms with van der Waals surface area (Å²) in [5.41, 5.74) is 6.96. The largest absolute Gasteiger partial charge is 0.496 e. The number of ether oxygens (including phenoxy) is 1. The molecule has 0 aliphatic heterocycles. The van der Waals surface area contributed by atoms with Gasteiger partial charge in [0.05, 0.1) is 13.7 Å². The molecule has 1 amide bonds. The van der Waals surface area contributed by atoms with Gasteiger partial charge in [-0.25, -0.2) is 0 Å². The van der Waals surface area contributed by atoms with Crippen molar-refractivity contribution in [1.29, 1.82) is 0 Å². The molecule has 0 radical (unpaired) electrons. The maximum Gasteiger partial charge on any atom is 0.254 e. The van der Waals surface area contributed by atoms with E-state index in [-0.39, 0.29) is 18.3 Å². The lowest BCUT2D eigenvalue weighted by atomic mass is 10.1. The second kappa shape index (κ2) is 7.37. The Labute approximate surface area is 118 Å². The Balaban J connectivity index is 2.99. The predicted octanol–water partition coefficient (Wildman–Crippen LogP) is 1.60. The van der Waals surface area contributed by atoms with E-state index in [4.69, 9.17) is 15.7 Å². The number of oxime groups is 1. The topological polar surface area (TPSA) is 88.1 Å². The molecule has 0 aliphatic rings. The van der Waals surface area contributed by atoms with Crippen LogP contribution >= 0.6 is 0 Å². The lowest BCUT2D eigenvalue weighted by Gasteiger charge is -2.21. The second-order valence-corrected chi connectivity index (χ2v) is 4.50. The van der Waals surface area contributed by atoms with Crippen molar-refractivity contribution in [3.8, 4) is 5.75 Å². The fourth-order valence-corrected chi connectivity index (χ4v) is 1.89. The minimum atomic E-state index is -0.170. The molecular weight excluding hydrogens is 258 g/mol. The Hall–Kier alpha value is -2.24. The Morgan fingerprint density at radius 2 is 2.20 bits per heavy atom. The number of hydrogen-bond acceptors (Lipinski definition) is 4. The number of benzene rings is 1. The summed E-state index contributed by atoms with van der Waals surface area (Å²) in [5, 5.41) is 11.5. The minimum Gasteiger partial charge on any atom is -0.496 e. The summed E-state index contributed by atoms with van der Waals surface area (Å²) < 4.78 is 5.22. The molecule has 6 heteroatoms. The van der Waals surface area contributed by atoms with Crippen molar-refractivity contribution in [1.82, 2.24) is 4.90 Å². The van der Waals surface area contributed by atoms with Crippen molar-refractivity contribution in [2.45, 2.75) is 20.3 Å². The van der Waals surface area contributed by atoms with E-state index in [1.54, 1.807) is 24.1 Å². The van der Waals surface area contributed by atoms with E-state index in [0.29, 0.717) is 17.9 Å². The van der Waals surface area contributed by atoms with Crippen LogP contribution in [0.5, 0.6) is 5.75 Å². The zero-order valence-electron chi connectivity index (χ0n) is 12.1. The molecule has 3 N–H and O–H groups in total. The lowest BCUT2D eigenvalue weighted by Crippen LogP contribution is -2.39. The molecule has 6 nitrogen and oxygen atoms in total. The first-order valence-electron chi connectivity index (χ1n) is 6.43. The van der Waals surface area contributed by atoms with E-state index in [9.17, 15) is 4.79 Å². The van der Waals surface area contributed by atoms with Gasteiger partial charge in [-0.2, -0.15) is 0 Å². The predicted molar refractivity (Wildman–Crippen MR) is 77.3 cm³/mol. The van der Waals surface area contributed by atoms with Crippen LogP contribution in [-0.4, -0.2) is 42.0 Å². The summed E-state index contributed by atoms with van der Waals surface area (Å²) >= 11 is 0. The molecule has 1 aromatic rings. The minimum absolute atomic E-state index is 0.00544. The molecule has 1 aromatic carbocycles. The third-order valence-electron chi connectivity index (χ3n) is 2.92. The summed E-state index contributed by atoms with van der Waals surface area (Å²) in [6.45, 7) is 4.50. The van der Waals surface area contributed by atoms with Gasteiger partial charge in [0.2, 0.25) is 0 Å². The van der Waals surface area contributed by atoms with Crippen LogP contribution in [0.2, 0.25) is 0 Å². The number of aryl methyl sites for hydroxylation is 1. The monoisotopic (exact) mass is 279 g/mol. The highest BCUT2D eigenvalue weighted by molar-refractivity contribution is 5.97. The molecule has 0 bridgehead atoms. The van der Waals surface area contributed by atoms with E-state index >= 15 is 0 Å². The maximum absolute atomic E-state index is 12.4. The van der Waals surface area contributed by atoms with Crippen molar-refractivity contribution in [2.75, 3.05) is 20.2 Å². The Kier molecular flexibility index (Phi) is 5.83. The molecule has 0 fully saturated rings. The van der Waals surface area contributed by atoms with Gasteiger partial charge in [-0.3, -0.25) is 4.79 Å². The highest BCUT2D eigenvalue weighted by atomic mass is 16.5. The van der Waals surface area contributed by atoms with Crippen molar-refractivity contribution >= 4 is 11.7 Å². The van der Waals surface area contributed by atoms with Gasteiger partial charge in [0.1, 0.15) is 5.75 Å². The van der Waals surface area contributed by atoms with Crippen molar-refractivity contribution < 1.29 is 14.7 Å². The molecule has 1 rings (SSSR count). The summed E-state index contributed by atoms with van der Waals surface area (Å²) in [4.78, 5) is 14.0. The average Bonchev–Trinajstić information content (AvgIpc) is 2.46. The second-order valence-electron chi connectivity index (χ2n) is 4.50. The van der Waals surface area contributed by atoms with Crippen molar-refractivity contribution in [3.05, 3.63) is 29.3 Å². The van der Waals surface area contributed by atoms with Crippen LogP contribution < -0.4 is 10.5 Å². The van der Waals surface area contributed by atoms with Crippen LogP contribution in [0.15, 0.2) is 23.4 Å². The molecule has 0 spiro atoms. The number of methoxy groups -OCH3 is 1. The molecule has 110 valence electrons. The van der Waals surface area contributed by atoms with E-state index < -0.39 is 0 Å². The van der Waals surface area contributed by atoms with Crippen LogP contribution in [0.25, 0.3) is 0 Å². The first-order chi connectivity index (χ1) is 9.53. The van der Waals surface area contributed by atoms with E-state index in [2.05, 4.69) is 5.16 Å². The highest BCUT2D eigenvalue weighted by Crippen LogP contribution is 2.20. The first kappa shape index (κ1) is 15.8. The number of rotatable bonds is 6. The highest BCUT2D eigenvalue weighted by Gasteiger charge is 2.17. The van der Waals surface area contributed by atoms with E-state index in [1.165, 1.54) is 0 Å². The Bertz CT molecular complexity index is 500. The Morgan fingerprint density at radius 3 is 2.75 bits per heavy atom. The van der Waals surface area contributed by atoms with Gasteiger partial charge in [-0.15, -0.1) is 0 Å². The molecule has 0 heterocycles. The number of carbonyl (C=O) groups excluding carboxylic acids is 1. The molecule has 0 aliphatic carbocycles. The van der Waals surface area contributed by atoms with Crippen LogP contribution in [-0.2, 0) is 0 Å². The van der Waals surface area contributed by atoms with E-state index in [0.717, 1.165) is 12.0 Å². The van der Waals surface area contributed by atoms with Crippen LogP contribution in [0.1, 0.15) is 29.3 Å². The quantitative estimate of drug-likeness (QED) is 0.358. The van der Waals surface area contributed by atoms with Crippen molar-refractivity contribution in [3.63, 3.8) is 0 Å². The van der Waals surface area contributed by atoms with Gasteiger partial charge in [0, 0.05) is 12.1 Å². The van der Waals surface area contributed by atoms with Gasteiger partial charge >= 0.3 is 0 Å². The van der Waals surface area contributed by atoms with Gasteiger partial charge < -0.3 is 20.6 Å². The first-order valence-corrected chi connectivity index (χ1v) is 6.43. The third kappa shape index (κ3) is 3.88. The molecule has 0 unspecified atom stereocenters. The average molecular weight is 279 g/mol. The fourth-order valence-electron chi connectivity index (χ4n) is 1.89. The van der Waals surface area contributed by atoms with Crippen LogP contribution in [0.4, 0.5) is 0 Å². The van der Waals surface area contributed by atoms with Crippen LogP contribution in [0, 0.1) is 6.92 Å². The summed E-state index contributed by atoms with van der Waals surface area (Å²) in [7, 11) is 1.57. The zero-order chi connectivity index (χ0) is 15.1. The van der Waals surface area contributed by atoms with Gasteiger partial charge in [-0.1, -0.05) is 18.1 Å². The number of nitrogens with two attached hydrogens (primary N) is 1. The SMILES string of the molecule is CCCN(CC(N)=NO)C(=O)c1ccc(C)c(OC)c1. The lowest BCUT2D eigenvalue weighted by molar-refractivity contribution is 0.0778. The number of nitrogens with zero attached hydrogens (tertiary/aromatic N) is 2. The summed E-state index contributed by atoms with van der Waals surface area (Å²) in [6, 6.07) is 5.28. The summed E-state index contributed by atoms with van der Waals surface area (Å²) in [6.07, 6.45) is 0.785. The molecular formula is C14H21N3O3. The van der Waals surface area contributed by atoms with Gasteiger partial charge in [0.25, 0.3) is 5.91 Å². The van der Waals surface area contributed by atoms with Gasteiger partial charge in [-0.05, 0) is 31.0 Å². The molecule has 0 aromatic heterocycles.